The van der Waals surface area contributed by atoms with Gasteiger partial charge in [0, 0.05) is 11.3 Å². The predicted molar refractivity (Wildman–Crippen MR) is 51.7 cm³/mol. The summed E-state index contributed by atoms with van der Waals surface area (Å²) in [6.07, 6.45) is -4.51. The minimum absolute atomic E-state index is 0.158. The molecule has 0 saturated carbocycles. The topological polar surface area (TPSA) is 38.9 Å². The van der Waals surface area contributed by atoms with E-state index in [1.54, 1.807) is 6.92 Å². The maximum Gasteiger partial charge on any atom is 0.407 e. The smallest absolute Gasteiger partial charge is 0.316 e. The monoisotopic (exact) mass is 238 g/mol. The van der Waals surface area contributed by atoms with Gasteiger partial charge in [-0.2, -0.15) is 13.2 Å². The second kappa shape index (κ2) is 3.98. The van der Waals surface area contributed by atoms with Crippen molar-refractivity contribution in [2.45, 2.75) is 26.1 Å². The van der Waals surface area contributed by atoms with Crippen molar-refractivity contribution < 1.29 is 13.2 Å². The zero-order valence-electron chi connectivity index (χ0n) is 8.19. The number of nitrogens with two attached hydrogens (primary N) is 1. The van der Waals surface area contributed by atoms with Crippen molar-refractivity contribution in [3.8, 4) is 0 Å². The Morgan fingerprint density at radius 2 is 1.93 bits per heavy atom. The number of pyridine rings is 1. The third-order valence-corrected chi connectivity index (χ3v) is 2.30. The second-order valence-corrected chi connectivity index (χ2v) is 3.66. The third-order valence-electron chi connectivity index (χ3n) is 2.01. The number of nitrogens with zero attached hydrogens (tertiary/aromatic N) is 1. The van der Waals surface area contributed by atoms with Crippen LogP contribution in [-0.2, 0) is 0 Å². The molecule has 84 valence electrons. The fourth-order valence-corrected chi connectivity index (χ4v) is 1.74. The molecule has 1 atom stereocenters. The van der Waals surface area contributed by atoms with Crippen LogP contribution in [0, 0.1) is 13.8 Å². The molecule has 0 aliphatic carbocycles. The predicted octanol–water partition coefficient (Wildman–Crippen LogP) is 2.91. The first-order valence-electron chi connectivity index (χ1n) is 4.19. The Kier molecular flexibility index (Phi) is 3.25. The molecule has 0 aliphatic heterocycles. The van der Waals surface area contributed by atoms with Crippen LogP contribution in [0.4, 0.5) is 13.2 Å². The molecule has 0 aromatic carbocycles. The number of hydrogen-bond acceptors (Lipinski definition) is 2. The maximum absolute atomic E-state index is 12.4. The van der Waals surface area contributed by atoms with Gasteiger partial charge >= 0.3 is 6.18 Å². The van der Waals surface area contributed by atoms with E-state index in [0.717, 1.165) is 0 Å². The molecule has 0 spiro atoms. The van der Waals surface area contributed by atoms with Crippen molar-refractivity contribution in [2.75, 3.05) is 0 Å². The van der Waals surface area contributed by atoms with Crippen molar-refractivity contribution in [1.82, 2.24) is 4.98 Å². The Morgan fingerprint density at radius 3 is 2.33 bits per heavy atom. The molecule has 0 radical (unpaired) electrons. The van der Waals surface area contributed by atoms with Gasteiger partial charge in [0.25, 0.3) is 0 Å². The molecule has 0 bridgehead atoms. The van der Waals surface area contributed by atoms with Crippen LogP contribution in [0.15, 0.2) is 6.07 Å². The van der Waals surface area contributed by atoms with Gasteiger partial charge < -0.3 is 5.73 Å². The fourth-order valence-electron chi connectivity index (χ4n) is 1.34. The molecule has 15 heavy (non-hydrogen) atoms. The highest BCUT2D eigenvalue weighted by molar-refractivity contribution is 6.30. The van der Waals surface area contributed by atoms with Gasteiger partial charge in [0.05, 0.1) is 0 Å². The Bertz CT molecular complexity index is 353. The molecule has 1 rings (SSSR count). The summed E-state index contributed by atoms with van der Waals surface area (Å²) in [5.74, 6) is 0. The minimum atomic E-state index is -4.51. The molecule has 0 aliphatic rings. The van der Waals surface area contributed by atoms with Gasteiger partial charge in [-0.3, -0.25) is 0 Å². The Hall–Kier alpha value is -0.810. The van der Waals surface area contributed by atoms with Gasteiger partial charge in [-0.25, -0.2) is 4.98 Å². The Balaban J connectivity index is 3.26. The van der Waals surface area contributed by atoms with Crippen molar-refractivity contribution in [3.63, 3.8) is 0 Å². The molecule has 2 N–H and O–H groups in total. The van der Waals surface area contributed by atoms with Crippen molar-refractivity contribution in [1.29, 1.82) is 0 Å². The molecule has 2 nitrogen and oxygen atoms in total. The van der Waals surface area contributed by atoms with Gasteiger partial charge in [0.1, 0.15) is 11.2 Å². The van der Waals surface area contributed by atoms with E-state index < -0.39 is 12.2 Å². The van der Waals surface area contributed by atoms with Crippen LogP contribution in [0.3, 0.4) is 0 Å². The maximum atomic E-state index is 12.4. The number of halogens is 4. The van der Waals surface area contributed by atoms with E-state index in [1.807, 2.05) is 0 Å². The molecule has 1 aromatic heterocycles. The van der Waals surface area contributed by atoms with Crippen molar-refractivity contribution >= 4 is 11.6 Å². The van der Waals surface area contributed by atoms with Crippen LogP contribution in [0.2, 0.25) is 5.15 Å². The van der Waals surface area contributed by atoms with E-state index in [1.165, 1.54) is 13.0 Å². The zero-order valence-corrected chi connectivity index (χ0v) is 8.95. The molecular formula is C9H10ClF3N2. The van der Waals surface area contributed by atoms with E-state index in [4.69, 9.17) is 17.3 Å². The summed E-state index contributed by atoms with van der Waals surface area (Å²) in [4.78, 5) is 3.75. The highest BCUT2D eigenvalue weighted by Crippen LogP contribution is 2.35. The zero-order chi connectivity index (χ0) is 11.8. The van der Waals surface area contributed by atoms with E-state index in [-0.39, 0.29) is 10.7 Å². The van der Waals surface area contributed by atoms with Crippen molar-refractivity contribution in [2.24, 2.45) is 5.73 Å². The number of aryl methyl sites for hydroxylation is 2. The van der Waals surface area contributed by atoms with E-state index >= 15 is 0 Å². The Labute approximate surface area is 90.3 Å². The normalized spacial score (nSPS) is 14.1. The van der Waals surface area contributed by atoms with Crippen LogP contribution < -0.4 is 5.73 Å². The first kappa shape index (κ1) is 12.3. The molecule has 0 fully saturated rings. The number of rotatable bonds is 1. The molecule has 1 aromatic rings. The lowest BCUT2D eigenvalue weighted by Crippen LogP contribution is -2.29. The molecule has 0 amide bonds. The summed E-state index contributed by atoms with van der Waals surface area (Å²) < 4.78 is 37.2. The van der Waals surface area contributed by atoms with Crippen LogP contribution in [0.5, 0.6) is 0 Å². The van der Waals surface area contributed by atoms with Crippen LogP contribution in [-0.4, -0.2) is 11.2 Å². The number of alkyl halides is 3. The lowest BCUT2D eigenvalue weighted by molar-refractivity contribution is -0.149. The number of aromatic nitrogens is 1. The molecule has 0 saturated heterocycles. The van der Waals surface area contributed by atoms with E-state index in [0.29, 0.717) is 11.3 Å². The molecule has 1 unspecified atom stereocenters. The SMILES string of the molecule is Cc1cc(C)c(C(N)C(F)(F)F)c(Cl)n1. The highest BCUT2D eigenvalue weighted by atomic mass is 35.5. The minimum Gasteiger partial charge on any atom is -0.316 e. The lowest BCUT2D eigenvalue weighted by atomic mass is 10.0. The van der Waals surface area contributed by atoms with Gasteiger partial charge in [0.15, 0.2) is 0 Å². The summed E-state index contributed by atoms with van der Waals surface area (Å²) in [6.45, 7) is 3.18. The number of hydrogen-bond donors (Lipinski definition) is 1. The first-order chi connectivity index (χ1) is 6.73. The Morgan fingerprint density at radius 1 is 1.40 bits per heavy atom. The van der Waals surface area contributed by atoms with Gasteiger partial charge in [-0.1, -0.05) is 11.6 Å². The van der Waals surface area contributed by atoms with Crippen LogP contribution in [0.1, 0.15) is 22.9 Å². The largest absolute Gasteiger partial charge is 0.407 e. The van der Waals surface area contributed by atoms with Crippen molar-refractivity contribution in [3.05, 3.63) is 28.0 Å². The van der Waals surface area contributed by atoms with Crippen LogP contribution >= 0.6 is 11.6 Å². The van der Waals surface area contributed by atoms with Gasteiger partial charge in [0.2, 0.25) is 0 Å². The quantitative estimate of drug-likeness (QED) is 0.764. The second-order valence-electron chi connectivity index (χ2n) is 3.30. The highest BCUT2D eigenvalue weighted by Gasteiger charge is 2.40. The standard InChI is InChI=1S/C9H10ClF3N2/c1-4-3-5(2)15-8(10)6(4)7(14)9(11,12)13/h3,7H,14H2,1-2H3. The molecular weight excluding hydrogens is 229 g/mol. The summed E-state index contributed by atoms with van der Waals surface area (Å²) in [6, 6.07) is -0.564. The summed E-state index contributed by atoms with van der Waals surface area (Å²) >= 11 is 5.64. The van der Waals surface area contributed by atoms with Crippen LogP contribution in [0.25, 0.3) is 0 Å². The van der Waals surface area contributed by atoms with Gasteiger partial charge in [-0.15, -0.1) is 0 Å². The molecule has 1 heterocycles. The lowest BCUT2D eigenvalue weighted by Gasteiger charge is -2.19. The summed E-state index contributed by atoms with van der Waals surface area (Å²) in [5, 5.41) is -0.183. The summed E-state index contributed by atoms with van der Waals surface area (Å²) in [7, 11) is 0. The first-order valence-corrected chi connectivity index (χ1v) is 4.57. The fraction of sp³-hybridized carbons (Fsp3) is 0.444. The average molecular weight is 239 g/mol. The van der Waals surface area contributed by atoms with E-state index in [9.17, 15) is 13.2 Å². The van der Waals surface area contributed by atoms with Gasteiger partial charge in [-0.05, 0) is 25.5 Å². The third kappa shape index (κ3) is 2.60. The molecule has 6 heteroatoms. The average Bonchev–Trinajstić information content (AvgIpc) is 1.99. The summed E-state index contributed by atoms with van der Waals surface area (Å²) in [5.41, 5.74) is 5.88. The van der Waals surface area contributed by atoms with E-state index in [2.05, 4.69) is 4.98 Å².